The molecule has 0 bridgehead atoms. The smallest absolute Gasteiger partial charge is 0.253 e. The number of nitrogens with zero attached hydrogens (tertiary/aromatic N) is 2. The molecule has 2 N–H and O–H groups in total. The zero-order chi connectivity index (χ0) is 19.3. The molecule has 0 aliphatic carbocycles. The molecule has 5 rings (SSSR count). The van der Waals surface area contributed by atoms with E-state index in [4.69, 9.17) is 0 Å². The Hall–Kier alpha value is -2.80. The second-order valence-corrected chi connectivity index (χ2v) is 7.57. The molecule has 0 radical (unpaired) electrons. The highest BCUT2D eigenvalue weighted by Gasteiger charge is 2.35. The van der Waals surface area contributed by atoms with Gasteiger partial charge in [0.05, 0.1) is 11.2 Å². The van der Waals surface area contributed by atoms with Crippen molar-refractivity contribution in [2.24, 2.45) is 0 Å². The first kappa shape index (κ1) is 17.3. The van der Waals surface area contributed by atoms with Crippen LogP contribution in [0, 0.1) is 0 Å². The van der Waals surface area contributed by atoms with E-state index in [0.717, 1.165) is 35.2 Å². The van der Waals surface area contributed by atoms with Gasteiger partial charge in [-0.2, -0.15) is 5.10 Å². The molecule has 2 aliphatic rings. The summed E-state index contributed by atoms with van der Waals surface area (Å²) in [6.07, 6.45) is -0.551. The Balaban J connectivity index is 1.43. The van der Waals surface area contributed by atoms with Gasteiger partial charge in [-0.1, -0.05) is 12.1 Å². The monoisotopic (exact) mass is 382 g/mol. The van der Waals surface area contributed by atoms with Crippen molar-refractivity contribution in [3.8, 4) is 11.3 Å². The summed E-state index contributed by atoms with van der Waals surface area (Å²) in [5.74, 6) is -2.87. The van der Waals surface area contributed by atoms with Crippen molar-refractivity contribution in [3.63, 3.8) is 0 Å². The molecule has 28 heavy (non-hydrogen) atoms. The summed E-state index contributed by atoms with van der Waals surface area (Å²) in [6.45, 7) is 1.92. The third-order valence-electron chi connectivity index (χ3n) is 5.70. The first-order valence-corrected chi connectivity index (χ1v) is 9.48. The highest BCUT2D eigenvalue weighted by atomic mass is 19.3. The summed E-state index contributed by atoms with van der Waals surface area (Å²) in [5.41, 5.74) is 5.73. The van der Waals surface area contributed by atoms with Gasteiger partial charge in [-0.3, -0.25) is 9.89 Å². The summed E-state index contributed by atoms with van der Waals surface area (Å²) in [4.78, 5) is 14.2. The van der Waals surface area contributed by atoms with Crippen molar-refractivity contribution < 1.29 is 13.6 Å². The SMILES string of the molecule is O=C(c1ccc2c(-c3ccc4c(c3)CNC4)n[nH]c2c1)N1CCC(F)(F)CC1. The average Bonchev–Trinajstić information content (AvgIpc) is 3.33. The van der Waals surface area contributed by atoms with Gasteiger partial charge in [0.25, 0.3) is 11.8 Å². The number of rotatable bonds is 2. The number of hydrogen-bond acceptors (Lipinski definition) is 3. The van der Waals surface area contributed by atoms with Crippen LogP contribution in [0.2, 0.25) is 0 Å². The van der Waals surface area contributed by atoms with E-state index in [9.17, 15) is 13.6 Å². The second kappa shape index (κ2) is 6.38. The van der Waals surface area contributed by atoms with Crippen molar-refractivity contribution in [2.45, 2.75) is 31.9 Å². The Morgan fingerprint density at radius 1 is 1.04 bits per heavy atom. The molecule has 2 aliphatic heterocycles. The average molecular weight is 382 g/mol. The van der Waals surface area contributed by atoms with Crippen LogP contribution < -0.4 is 5.32 Å². The summed E-state index contributed by atoms with van der Waals surface area (Å²) in [7, 11) is 0. The van der Waals surface area contributed by atoms with Gasteiger partial charge < -0.3 is 10.2 Å². The van der Waals surface area contributed by atoms with Crippen LogP contribution in [0.5, 0.6) is 0 Å². The van der Waals surface area contributed by atoms with Crippen LogP contribution in [0.15, 0.2) is 36.4 Å². The van der Waals surface area contributed by atoms with Gasteiger partial charge in [0.1, 0.15) is 0 Å². The third-order valence-corrected chi connectivity index (χ3v) is 5.70. The summed E-state index contributed by atoms with van der Waals surface area (Å²) in [5, 5.41) is 11.7. The molecule has 0 saturated carbocycles. The van der Waals surface area contributed by atoms with E-state index >= 15 is 0 Å². The fourth-order valence-electron chi connectivity index (χ4n) is 4.03. The first-order chi connectivity index (χ1) is 13.5. The Bertz CT molecular complexity index is 1070. The molecule has 0 spiro atoms. The van der Waals surface area contributed by atoms with Crippen molar-refractivity contribution in [3.05, 3.63) is 53.1 Å². The topological polar surface area (TPSA) is 61.0 Å². The maximum absolute atomic E-state index is 13.3. The Morgan fingerprint density at radius 3 is 2.64 bits per heavy atom. The minimum absolute atomic E-state index is 0.0846. The zero-order valence-corrected chi connectivity index (χ0v) is 15.3. The molecular formula is C21H20F2N4O. The molecule has 5 nitrogen and oxygen atoms in total. The largest absolute Gasteiger partial charge is 0.338 e. The summed E-state index contributed by atoms with van der Waals surface area (Å²) >= 11 is 0. The maximum Gasteiger partial charge on any atom is 0.253 e. The van der Waals surface area contributed by atoms with E-state index in [1.165, 1.54) is 16.0 Å². The molecule has 144 valence electrons. The van der Waals surface area contributed by atoms with Crippen LogP contribution in [-0.4, -0.2) is 40.0 Å². The van der Waals surface area contributed by atoms with Crippen LogP contribution in [-0.2, 0) is 13.1 Å². The van der Waals surface area contributed by atoms with E-state index in [2.05, 4.69) is 33.7 Å². The quantitative estimate of drug-likeness (QED) is 0.710. The van der Waals surface area contributed by atoms with Crippen molar-refractivity contribution in [1.29, 1.82) is 0 Å². The minimum Gasteiger partial charge on any atom is -0.338 e. The lowest BCUT2D eigenvalue weighted by molar-refractivity contribution is -0.0494. The predicted molar refractivity (Wildman–Crippen MR) is 102 cm³/mol. The highest BCUT2D eigenvalue weighted by molar-refractivity contribution is 6.00. The Labute approximate surface area is 160 Å². The van der Waals surface area contributed by atoms with Gasteiger partial charge in [-0.15, -0.1) is 0 Å². The highest BCUT2D eigenvalue weighted by Crippen LogP contribution is 2.31. The number of hydrogen-bond donors (Lipinski definition) is 2. The van der Waals surface area contributed by atoms with E-state index in [1.807, 2.05) is 6.07 Å². The van der Waals surface area contributed by atoms with Crippen LogP contribution in [0.25, 0.3) is 22.2 Å². The number of piperidine rings is 1. The van der Waals surface area contributed by atoms with E-state index in [0.29, 0.717) is 5.56 Å². The van der Waals surface area contributed by atoms with Gasteiger partial charge in [0.2, 0.25) is 0 Å². The molecule has 0 atom stereocenters. The molecule has 2 aromatic carbocycles. The fourth-order valence-corrected chi connectivity index (χ4v) is 4.03. The normalized spacial score (nSPS) is 18.4. The van der Waals surface area contributed by atoms with Gasteiger partial charge in [0.15, 0.2) is 0 Å². The van der Waals surface area contributed by atoms with E-state index in [-0.39, 0.29) is 31.8 Å². The minimum atomic E-state index is -2.66. The lowest BCUT2D eigenvalue weighted by Gasteiger charge is -2.31. The molecule has 3 aromatic rings. The van der Waals surface area contributed by atoms with Gasteiger partial charge in [-0.05, 0) is 35.4 Å². The standard InChI is InChI=1S/C21H20F2N4O/c22-21(23)5-7-27(8-6-21)20(28)14-3-4-17-18(10-14)25-26-19(17)13-1-2-15-11-24-12-16(15)9-13/h1-4,9-10,24H,5-8,11-12H2,(H,25,26). The lowest BCUT2D eigenvalue weighted by Crippen LogP contribution is -2.42. The number of benzene rings is 2. The second-order valence-electron chi connectivity index (χ2n) is 7.57. The molecule has 3 heterocycles. The molecule has 1 aromatic heterocycles. The number of carbonyl (C=O) groups excluding carboxylic acids is 1. The molecule has 0 unspecified atom stereocenters. The van der Waals surface area contributed by atoms with Crippen LogP contribution in [0.4, 0.5) is 8.78 Å². The zero-order valence-electron chi connectivity index (χ0n) is 15.3. The summed E-state index contributed by atoms with van der Waals surface area (Å²) < 4.78 is 26.7. The Kier molecular flexibility index (Phi) is 3.94. The number of aromatic amines is 1. The first-order valence-electron chi connectivity index (χ1n) is 9.48. The van der Waals surface area contributed by atoms with Gasteiger partial charge in [-0.25, -0.2) is 8.78 Å². The number of halogens is 2. The molecule has 1 saturated heterocycles. The van der Waals surface area contributed by atoms with Gasteiger partial charge >= 0.3 is 0 Å². The predicted octanol–water partition coefficient (Wildman–Crippen LogP) is 3.70. The number of alkyl halides is 2. The number of nitrogens with one attached hydrogen (secondary N) is 2. The molecular weight excluding hydrogens is 362 g/mol. The van der Waals surface area contributed by atoms with Crippen LogP contribution in [0.3, 0.4) is 0 Å². The number of aromatic nitrogens is 2. The Morgan fingerprint density at radius 2 is 1.82 bits per heavy atom. The third kappa shape index (κ3) is 2.96. The van der Waals surface area contributed by atoms with E-state index < -0.39 is 5.92 Å². The number of carbonyl (C=O) groups is 1. The van der Waals surface area contributed by atoms with Crippen molar-refractivity contribution in [2.75, 3.05) is 13.1 Å². The molecule has 7 heteroatoms. The van der Waals surface area contributed by atoms with Crippen molar-refractivity contribution in [1.82, 2.24) is 20.4 Å². The number of amides is 1. The van der Waals surface area contributed by atoms with Crippen LogP contribution in [0.1, 0.15) is 34.3 Å². The lowest BCUT2D eigenvalue weighted by atomic mass is 10.0. The number of fused-ring (bicyclic) bond motifs is 2. The van der Waals surface area contributed by atoms with Crippen molar-refractivity contribution >= 4 is 16.8 Å². The number of H-pyrrole nitrogens is 1. The molecule has 1 amide bonds. The molecule has 1 fully saturated rings. The maximum atomic E-state index is 13.3. The van der Waals surface area contributed by atoms with E-state index in [1.54, 1.807) is 12.1 Å². The summed E-state index contributed by atoms with van der Waals surface area (Å²) in [6, 6.07) is 11.7. The van der Waals surface area contributed by atoms with Gasteiger partial charge in [0, 0.05) is 55.5 Å². The number of likely N-dealkylation sites (tertiary alicyclic amines) is 1. The fraction of sp³-hybridized carbons (Fsp3) is 0.333. The van der Waals surface area contributed by atoms with Crippen LogP contribution >= 0.6 is 0 Å².